The predicted molar refractivity (Wildman–Crippen MR) is 72.5 cm³/mol. The van der Waals surface area contributed by atoms with E-state index in [0.717, 1.165) is 11.4 Å². The minimum atomic E-state index is 0.00793. The number of nitrogens with zero attached hydrogens (tertiary/aromatic N) is 1. The number of hydrogen-bond donors (Lipinski definition) is 2. The van der Waals surface area contributed by atoms with Crippen molar-refractivity contribution in [2.24, 2.45) is 0 Å². The first-order valence-electron chi connectivity index (χ1n) is 5.80. The Kier molecular flexibility index (Phi) is 4.82. The van der Waals surface area contributed by atoms with Crippen molar-refractivity contribution in [1.29, 1.82) is 0 Å². The Bertz CT molecular complexity index is 375. The number of anilines is 2. The zero-order valence-electron chi connectivity index (χ0n) is 10.9. The lowest BCUT2D eigenvalue weighted by Gasteiger charge is -2.18. The summed E-state index contributed by atoms with van der Waals surface area (Å²) in [6.45, 7) is 4.19. The van der Waals surface area contributed by atoms with Crippen molar-refractivity contribution < 1.29 is 4.79 Å². The van der Waals surface area contributed by atoms with Crippen LogP contribution in [-0.2, 0) is 4.79 Å². The molecule has 0 saturated heterocycles. The van der Waals surface area contributed by atoms with E-state index < -0.39 is 0 Å². The third kappa shape index (κ3) is 4.34. The second kappa shape index (κ2) is 6.13. The molecule has 0 unspecified atom stereocenters. The van der Waals surface area contributed by atoms with Crippen LogP contribution in [0.25, 0.3) is 0 Å². The number of hydrogen-bond acceptors (Lipinski definition) is 3. The summed E-state index contributed by atoms with van der Waals surface area (Å²) >= 11 is 0. The van der Waals surface area contributed by atoms with Crippen molar-refractivity contribution in [3.63, 3.8) is 0 Å². The maximum Gasteiger partial charge on any atom is 0.239 e. The molecule has 0 atom stereocenters. The Hall–Kier alpha value is -1.71. The van der Waals surface area contributed by atoms with E-state index in [1.165, 1.54) is 0 Å². The Balaban J connectivity index is 2.60. The molecule has 4 heteroatoms. The van der Waals surface area contributed by atoms with Crippen LogP contribution in [0.2, 0.25) is 0 Å². The minimum absolute atomic E-state index is 0.00793. The van der Waals surface area contributed by atoms with Crippen LogP contribution in [-0.4, -0.2) is 32.6 Å². The number of carbonyl (C=O) groups is 1. The zero-order chi connectivity index (χ0) is 12.8. The standard InChI is InChI=1S/C13H21N3O/c1-10(2)15-13(17)9-14-11-7-5-6-8-12(11)16(3)4/h5-8,10,14H,9H2,1-4H3,(H,15,17). The van der Waals surface area contributed by atoms with Gasteiger partial charge < -0.3 is 15.5 Å². The molecule has 1 aromatic rings. The third-order valence-corrected chi connectivity index (χ3v) is 2.27. The maximum absolute atomic E-state index is 11.5. The molecule has 94 valence electrons. The van der Waals surface area contributed by atoms with Gasteiger partial charge in [-0.15, -0.1) is 0 Å². The average Bonchev–Trinajstić information content (AvgIpc) is 2.25. The first-order chi connectivity index (χ1) is 8.00. The number of benzene rings is 1. The summed E-state index contributed by atoms with van der Waals surface area (Å²) in [7, 11) is 3.96. The first kappa shape index (κ1) is 13.4. The van der Waals surface area contributed by atoms with Gasteiger partial charge in [-0.25, -0.2) is 0 Å². The SMILES string of the molecule is CC(C)NC(=O)CNc1ccccc1N(C)C. The van der Waals surface area contributed by atoms with E-state index >= 15 is 0 Å². The molecule has 0 aromatic heterocycles. The van der Waals surface area contributed by atoms with E-state index in [9.17, 15) is 4.79 Å². The number of para-hydroxylation sites is 2. The van der Waals surface area contributed by atoms with Gasteiger partial charge in [-0.05, 0) is 26.0 Å². The van der Waals surface area contributed by atoms with Gasteiger partial charge in [0.1, 0.15) is 0 Å². The summed E-state index contributed by atoms with van der Waals surface area (Å²) in [5.74, 6) is 0.00793. The van der Waals surface area contributed by atoms with Gasteiger partial charge in [-0.2, -0.15) is 0 Å². The quantitative estimate of drug-likeness (QED) is 0.816. The molecule has 0 spiro atoms. The second-order valence-corrected chi connectivity index (χ2v) is 4.49. The van der Waals surface area contributed by atoms with Crippen LogP contribution >= 0.6 is 0 Å². The molecule has 1 rings (SSSR count). The van der Waals surface area contributed by atoms with Gasteiger partial charge in [0.25, 0.3) is 0 Å². The second-order valence-electron chi connectivity index (χ2n) is 4.49. The van der Waals surface area contributed by atoms with E-state index in [0.29, 0.717) is 6.54 Å². The zero-order valence-corrected chi connectivity index (χ0v) is 10.9. The molecule has 0 heterocycles. The van der Waals surface area contributed by atoms with E-state index in [4.69, 9.17) is 0 Å². The van der Waals surface area contributed by atoms with Crippen LogP contribution in [0.5, 0.6) is 0 Å². The third-order valence-electron chi connectivity index (χ3n) is 2.27. The Labute approximate surface area is 103 Å². The van der Waals surface area contributed by atoms with Crippen LogP contribution < -0.4 is 15.5 Å². The molecule has 0 aliphatic carbocycles. The van der Waals surface area contributed by atoms with Gasteiger partial charge in [0.15, 0.2) is 0 Å². The van der Waals surface area contributed by atoms with Crippen molar-refractivity contribution in [1.82, 2.24) is 5.32 Å². The summed E-state index contributed by atoms with van der Waals surface area (Å²) in [6, 6.07) is 8.10. The molecule has 1 amide bonds. The fraction of sp³-hybridized carbons (Fsp3) is 0.462. The Morgan fingerprint density at radius 1 is 1.29 bits per heavy atom. The predicted octanol–water partition coefficient (Wildman–Crippen LogP) is 1.69. The highest BCUT2D eigenvalue weighted by molar-refractivity contribution is 5.82. The number of amides is 1. The highest BCUT2D eigenvalue weighted by Gasteiger charge is 2.06. The van der Waals surface area contributed by atoms with Crippen LogP contribution in [0.3, 0.4) is 0 Å². The van der Waals surface area contributed by atoms with Crippen molar-refractivity contribution in [2.75, 3.05) is 30.9 Å². The Morgan fingerprint density at radius 2 is 1.94 bits per heavy atom. The lowest BCUT2D eigenvalue weighted by Crippen LogP contribution is -2.35. The molecular weight excluding hydrogens is 214 g/mol. The normalized spacial score (nSPS) is 10.2. The van der Waals surface area contributed by atoms with E-state index in [-0.39, 0.29) is 11.9 Å². The lowest BCUT2D eigenvalue weighted by molar-refractivity contribution is -0.119. The van der Waals surface area contributed by atoms with Crippen molar-refractivity contribution in [3.05, 3.63) is 24.3 Å². The van der Waals surface area contributed by atoms with E-state index in [1.54, 1.807) is 0 Å². The van der Waals surface area contributed by atoms with Crippen molar-refractivity contribution in [2.45, 2.75) is 19.9 Å². The summed E-state index contributed by atoms with van der Waals surface area (Å²) in [6.07, 6.45) is 0. The van der Waals surface area contributed by atoms with Gasteiger partial charge in [-0.3, -0.25) is 4.79 Å². The van der Waals surface area contributed by atoms with Gasteiger partial charge in [0.2, 0.25) is 5.91 Å². The monoisotopic (exact) mass is 235 g/mol. The van der Waals surface area contributed by atoms with Crippen LogP contribution in [0.4, 0.5) is 11.4 Å². The van der Waals surface area contributed by atoms with Crippen LogP contribution in [0.1, 0.15) is 13.8 Å². The van der Waals surface area contributed by atoms with Crippen molar-refractivity contribution >= 4 is 17.3 Å². The fourth-order valence-corrected chi connectivity index (χ4v) is 1.56. The summed E-state index contributed by atoms with van der Waals surface area (Å²) in [4.78, 5) is 13.5. The molecule has 0 bridgehead atoms. The molecule has 4 nitrogen and oxygen atoms in total. The summed E-state index contributed by atoms with van der Waals surface area (Å²) in [5.41, 5.74) is 2.04. The molecule has 2 N–H and O–H groups in total. The molecule has 0 fully saturated rings. The van der Waals surface area contributed by atoms with Crippen LogP contribution in [0, 0.1) is 0 Å². The van der Waals surface area contributed by atoms with Crippen molar-refractivity contribution in [3.8, 4) is 0 Å². The van der Waals surface area contributed by atoms with Gasteiger partial charge in [0.05, 0.1) is 17.9 Å². The van der Waals surface area contributed by atoms with E-state index in [2.05, 4.69) is 10.6 Å². The molecule has 0 aliphatic rings. The maximum atomic E-state index is 11.5. The van der Waals surface area contributed by atoms with E-state index in [1.807, 2.05) is 57.1 Å². The molecule has 1 aromatic carbocycles. The Morgan fingerprint density at radius 3 is 2.53 bits per heavy atom. The van der Waals surface area contributed by atoms with Gasteiger partial charge in [-0.1, -0.05) is 12.1 Å². The minimum Gasteiger partial charge on any atom is -0.376 e. The summed E-state index contributed by atoms with van der Waals surface area (Å²) < 4.78 is 0. The molecule has 17 heavy (non-hydrogen) atoms. The topological polar surface area (TPSA) is 44.4 Å². The molecular formula is C13H21N3O. The molecule has 0 saturated carbocycles. The highest BCUT2D eigenvalue weighted by atomic mass is 16.1. The largest absolute Gasteiger partial charge is 0.376 e. The molecule has 0 radical (unpaired) electrons. The summed E-state index contributed by atoms with van der Waals surface area (Å²) in [5, 5.41) is 5.99. The van der Waals surface area contributed by atoms with Gasteiger partial charge >= 0.3 is 0 Å². The smallest absolute Gasteiger partial charge is 0.239 e. The first-order valence-corrected chi connectivity index (χ1v) is 5.80. The number of nitrogens with one attached hydrogen (secondary N) is 2. The number of carbonyl (C=O) groups excluding carboxylic acids is 1. The number of rotatable bonds is 5. The van der Waals surface area contributed by atoms with Crippen LogP contribution in [0.15, 0.2) is 24.3 Å². The highest BCUT2D eigenvalue weighted by Crippen LogP contribution is 2.22. The molecule has 0 aliphatic heterocycles. The lowest BCUT2D eigenvalue weighted by atomic mass is 10.2. The average molecular weight is 235 g/mol. The van der Waals surface area contributed by atoms with Gasteiger partial charge in [0, 0.05) is 20.1 Å². The fourth-order valence-electron chi connectivity index (χ4n) is 1.56.